The van der Waals surface area contributed by atoms with E-state index in [1.54, 1.807) is 0 Å². The SMILES string of the molecule is CC(C)C(NC(=O)C(O)C(O)C(O)C(O)CO)C(=O)O. The summed E-state index contributed by atoms with van der Waals surface area (Å²) in [6.45, 7) is 2.19. The zero-order chi connectivity index (χ0) is 16.0. The summed E-state index contributed by atoms with van der Waals surface area (Å²) < 4.78 is 0. The first-order chi connectivity index (χ1) is 9.13. The van der Waals surface area contributed by atoms with E-state index in [0.29, 0.717) is 0 Å². The van der Waals surface area contributed by atoms with Crippen LogP contribution in [0, 0.1) is 5.92 Å². The van der Waals surface area contributed by atoms with Gasteiger partial charge in [0.25, 0.3) is 5.91 Å². The Labute approximate surface area is 115 Å². The maximum Gasteiger partial charge on any atom is 0.326 e. The second-order valence-corrected chi connectivity index (χ2v) is 4.74. The van der Waals surface area contributed by atoms with Gasteiger partial charge in [-0.05, 0) is 5.92 Å². The average Bonchev–Trinajstić information content (AvgIpc) is 2.39. The van der Waals surface area contributed by atoms with Gasteiger partial charge in [-0.25, -0.2) is 4.79 Å². The van der Waals surface area contributed by atoms with Crippen LogP contribution in [0.5, 0.6) is 0 Å². The molecule has 0 spiro atoms. The molecule has 7 N–H and O–H groups in total. The molecule has 0 heterocycles. The fraction of sp³-hybridized carbons (Fsp3) is 0.818. The summed E-state index contributed by atoms with van der Waals surface area (Å²) in [5, 5.41) is 56.9. The smallest absolute Gasteiger partial charge is 0.326 e. The van der Waals surface area contributed by atoms with Gasteiger partial charge in [0.05, 0.1) is 6.61 Å². The molecule has 0 radical (unpaired) electrons. The van der Waals surface area contributed by atoms with Gasteiger partial charge < -0.3 is 36.0 Å². The van der Waals surface area contributed by atoms with Crippen molar-refractivity contribution < 1.29 is 40.2 Å². The Balaban J connectivity index is 4.72. The van der Waals surface area contributed by atoms with E-state index >= 15 is 0 Å². The largest absolute Gasteiger partial charge is 0.480 e. The van der Waals surface area contributed by atoms with Gasteiger partial charge in [-0.15, -0.1) is 0 Å². The highest BCUT2D eigenvalue weighted by Crippen LogP contribution is 2.07. The van der Waals surface area contributed by atoms with Crippen molar-refractivity contribution in [1.82, 2.24) is 5.32 Å². The van der Waals surface area contributed by atoms with Crippen molar-refractivity contribution in [3.63, 3.8) is 0 Å². The van der Waals surface area contributed by atoms with Crippen LogP contribution in [0.3, 0.4) is 0 Å². The van der Waals surface area contributed by atoms with E-state index < -0.39 is 54.9 Å². The van der Waals surface area contributed by atoms with E-state index in [-0.39, 0.29) is 0 Å². The number of rotatable bonds is 8. The van der Waals surface area contributed by atoms with Gasteiger partial charge in [-0.3, -0.25) is 4.79 Å². The predicted octanol–water partition coefficient (Wildman–Crippen LogP) is -3.35. The van der Waals surface area contributed by atoms with Crippen molar-refractivity contribution in [2.45, 2.75) is 44.3 Å². The number of aliphatic carboxylic acids is 1. The molecule has 9 heteroatoms. The van der Waals surface area contributed by atoms with Crippen LogP contribution in [-0.4, -0.2) is 79.6 Å². The van der Waals surface area contributed by atoms with Crippen molar-refractivity contribution in [2.24, 2.45) is 5.92 Å². The highest BCUT2D eigenvalue weighted by Gasteiger charge is 2.36. The Morgan fingerprint density at radius 2 is 1.55 bits per heavy atom. The molecule has 0 aliphatic heterocycles. The second kappa shape index (κ2) is 8.12. The third kappa shape index (κ3) is 5.02. The van der Waals surface area contributed by atoms with E-state index in [0.717, 1.165) is 0 Å². The first kappa shape index (κ1) is 18.7. The van der Waals surface area contributed by atoms with Crippen molar-refractivity contribution in [3.8, 4) is 0 Å². The Morgan fingerprint density at radius 3 is 1.90 bits per heavy atom. The van der Waals surface area contributed by atoms with E-state index in [2.05, 4.69) is 0 Å². The van der Waals surface area contributed by atoms with Crippen LogP contribution in [-0.2, 0) is 9.59 Å². The van der Waals surface area contributed by atoms with Crippen LogP contribution in [0.25, 0.3) is 0 Å². The molecule has 0 aromatic heterocycles. The van der Waals surface area contributed by atoms with Crippen molar-refractivity contribution in [3.05, 3.63) is 0 Å². The van der Waals surface area contributed by atoms with Gasteiger partial charge >= 0.3 is 5.97 Å². The number of carboxylic acids is 1. The van der Waals surface area contributed by atoms with Crippen LogP contribution in [0.1, 0.15) is 13.8 Å². The number of nitrogens with one attached hydrogen (secondary N) is 1. The van der Waals surface area contributed by atoms with E-state index in [1.807, 2.05) is 5.32 Å². The lowest BCUT2D eigenvalue weighted by Crippen LogP contribution is -2.55. The van der Waals surface area contributed by atoms with Crippen LogP contribution in [0.15, 0.2) is 0 Å². The predicted molar refractivity (Wildman–Crippen MR) is 65.5 cm³/mol. The third-order valence-electron chi connectivity index (χ3n) is 2.75. The number of hydrogen-bond donors (Lipinski definition) is 7. The third-order valence-corrected chi connectivity index (χ3v) is 2.75. The summed E-state index contributed by atoms with van der Waals surface area (Å²) in [7, 11) is 0. The van der Waals surface area contributed by atoms with E-state index in [9.17, 15) is 24.9 Å². The fourth-order valence-corrected chi connectivity index (χ4v) is 1.43. The number of carbonyl (C=O) groups excluding carboxylic acids is 1. The number of hydrogen-bond acceptors (Lipinski definition) is 7. The number of aliphatic hydroxyl groups is 5. The van der Waals surface area contributed by atoms with Gasteiger partial charge in [-0.2, -0.15) is 0 Å². The lowest BCUT2D eigenvalue weighted by atomic mass is 10.0. The molecule has 0 saturated carbocycles. The van der Waals surface area contributed by atoms with E-state index in [1.165, 1.54) is 13.8 Å². The minimum Gasteiger partial charge on any atom is -0.480 e. The van der Waals surface area contributed by atoms with Crippen LogP contribution < -0.4 is 5.32 Å². The van der Waals surface area contributed by atoms with Gasteiger partial charge in [0.15, 0.2) is 6.10 Å². The quantitative estimate of drug-likeness (QED) is 0.244. The van der Waals surface area contributed by atoms with Crippen LogP contribution >= 0.6 is 0 Å². The summed E-state index contributed by atoms with van der Waals surface area (Å²) >= 11 is 0. The Bertz CT molecular complexity index is 334. The highest BCUT2D eigenvalue weighted by atomic mass is 16.4. The molecule has 118 valence electrons. The average molecular weight is 295 g/mol. The van der Waals surface area contributed by atoms with Gasteiger partial charge in [0, 0.05) is 0 Å². The molecule has 0 bridgehead atoms. The fourth-order valence-electron chi connectivity index (χ4n) is 1.43. The molecule has 0 rings (SSSR count). The zero-order valence-electron chi connectivity index (χ0n) is 11.2. The minimum absolute atomic E-state index is 0.464. The highest BCUT2D eigenvalue weighted by molar-refractivity contribution is 5.86. The maximum absolute atomic E-state index is 11.6. The molecule has 5 unspecified atom stereocenters. The van der Waals surface area contributed by atoms with Crippen molar-refractivity contribution in [1.29, 1.82) is 0 Å². The first-order valence-electron chi connectivity index (χ1n) is 5.99. The maximum atomic E-state index is 11.6. The number of carbonyl (C=O) groups is 2. The Morgan fingerprint density at radius 1 is 1.05 bits per heavy atom. The van der Waals surface area contributed by atoms with Crippen molar-refractivity contribution >= 4 is 11.9 Å². The molecule has 5 atom stereocenters. The standard InChI is InChI=1S/C11H21NO8/c1-4(2)6(11(19)20)12-10(18)9(17)8(16)7(15)5(14)3-13/h4-9,13-17H,3H2,1-2H3,(H,12,18)(H,19,20). The lowest BCUT2D eigenvalue weighted by molar-refractivity contribution is -0.153. The van der Waals surface area contributed by atoms with Gasteiger partial charge in [0.1, 0.15) is 24.4 Å². The Kier molecular flexibility index (Phi) is 7.61. The molecule has 0 saturated heterocycles. The summed E-state index contributed by atoms with van der Waals surface area (Å²) in [6.07, 6.45) is -7.92. The molecule has 0 aliphatic rings. The molecule has 9 nitrogen and oxygen atoms in total. The Hall–Kier alpha value is -1.26. The number of aliphatic hydroxyl groups excluding tert-OH is 5. The topological polar surface area (TPSA) is 168 Å². The molecular formula is C11H21NO8. The summed E-state index contributed by atoms with van der Waals surface area (Å²) in [5.74, 6) is -2.98. The molecular weight excluding hydrogens is 274 g/mol. The van der Waals surface area contributed by atoms with E-state index in [4.69, 9.17) is 15.3 Å². The van der Waals surface area contributed by atoms with Crippen LogP contribution in [0.4, 0.5) is 0 Å². The molecule has 0 aromatic rings. The summed E-state index contributed by atoms with van der Waals surface area (Å²) in [6, 6.07) is -1.27. The second-order valence-electron chi connectivity index (χ2n) is 4.74. The monoisotopic (exact) mass is 295 g/mol. The van der Waals surface area contributed by atoms with Crippen molar-refractivity contribution in [2.75, 3.05) is 6.61 Å². The number of amides is 1. The summed E-state index contributed by atoms with van der Waals surface area (Å²) in [4.78, 5) is 22.5. The zero-order valence-corrected chi connectivity index (χ0v) is 11.2. The molecule has 20 heavy (non-hydrogen) atoms. The number of carboxylic acid groups (broad SMARTS) is 1. The molecule has 0 aromatic carbocycles. The minimum atomic E-state index is -2.15. The normalized spacial score (nSPS) is 19.0. The molecule has 0 fully saturated rings. The molecule has 1 amide bonds. The first-order valence-corrected chi connectivity index (χ1v) is 5.99. The van der Waals surface area contributed by atoms with Gasteiger partial charge in [0.2, 0.25) is 0 Å². The summed E-state index contributed by atoms with van der Waals surface area (Å²) in [5.41, 5.74) is 0. The van der Waals surface area contributed by atoms with Gasteiger partial charge in [-0.1, -0.05) is 13.8 Å². The van der Waals surface area contributed by atoms with Crippen LogP contribution in [0.2, 0.25) is 0 Å². The molecule has 0 aliphatic carbocycles. The lowest BCUT2D eigenvalue weighted by Gasteiger charge is -2.26.